The van der Waals surface area contributed by atoms with Crippen molar-refractivity contribution >= 4 is 19.7 Å². The molecule has 0 fully saturated rings. The molecule has 0 aliphatic rings. The van der Waals surface area contributed by atoms with E-state index in [4.69, 9.17) is 15.4 Å². The molecule has 19 heavy (non-hydrogen) atoms. The Labute approximate surface area is 120 Å². The first kappa shape index (κ1) is 16.3. The zero-order valence-corrected chi connectivity index (χ0v) is 13.4. The van der Waals surface area contributed by atoms with E-state index in [9.17, 15) is 8.42 Å². The van der Waals surface area contributed by atoms with Gasteiger partial charge in [0.25, 0.3) is 0 Å². The van der Waals surface area contributed by atoms with Crippen molar-refractivity contribution in [1.29, 1.82) is 0 Å². The number of hydrogen-bond donors (Lipinski definition) is 0. The van der Waals surface area contributed by atoms with Gasteiger partial charge >= 0.3 is 0 Å². The summed E-state index contributed by atoms with van der Waals surface area (Å²) in [4.78, 5) is 0. The third-order valence-corrected chi connectivity index (χ3v) is 3.96. The Morgan fingerprint density at radius 1 is 1.26 bits per heavy atom. The van der Waals surface area contributed by atoms with Crippen molar-refractivity contribution in [1.82, 2.24) is 0 Å². The minimum Gasteiger partial charge on any atom is -0.492 e. The van der Waals surface area contributed by atoms with Crippen LogP contribution in [-0.2, 0) is 20.9 Å². The van der Waals surface area contributed by atoms with Gasteiger partial charge in [-0.05, 0) is 29.0 Å². The highest BCUT2D eigenvalue weighted by atomic mass is 35.7. The second-order valence-electron chi connectivity index (χ2n) is 5.53. The lowest BCUT2D eigenvalue weighted by atomic mass is 9.85. The van der Waals surface area contributed by atoms with Gasteiger partial charge in [-0.1, -0.05) is 39.8 Å². The molecule has 1 rings (SSSR count). The number of benzene rings is 1. The van der Waals surface area contributed by atoms with E-state index in [1.54, 1.807) is 0 Å². The van der Waals surface area contributed by atoms with Crippen molar-refractivity contribution in [2.75, 3.05) is 12.4 Å². The number of ether oxygens (including phenoxy) is 1. The minimum atomic E-state index is -3.51. The minimum absolute atomic E-state index is 0.0552. The molecule has 0 atom stereocenters. The average molecular weight is 305 g/mol. The Morgan fingerprint density at radius 3 is 2.37 bits per heavy atom. The lowest BCUT2D eigenvalue weighted by Gasteiger charge is -2.23. The monoisotopic (exact) mass is 304 g/mol. The highest BCUT2D eigenvalue weighted by molar-refractivity contribution is 8.13. The van der Waals surface area contributed by atoms with Crippen LogP contribution < -0.4 is 4.74 Å². The average Bonchev–Trinajstić information content (AvgIpc) is 2.26. The lowest BCUT2D eigenvalue weighted by Crippen LogP contribution is -2.16. The zero-order valence-electron chi connectivity index (χ0n) is 11.9. The molecule has 0 spiro atoms. The molecule has 108 valence electrons. The lowest BCUT2D eigenvalue weighted by molar-refractivity contribution is 0.331. The van der Waals surface area contributed by atoms with E-state index in [0.29, 0.717) is 0 Å². The molecule has 5 heteroatoms. The molecule has 3 nitrogen and oxygen atoms in total. The molecule has 0 bridgehead atoms. The predicted octanol–water partition coefficient (Wildman–Crippen LogP) is 3.49. The fourth-order valence-corrected chi connectivity index (χ4v) is 2.23. The highest BCUT2D eigenvalue weighted by Gasteiger charge is 2.19. The third kappa shape index (κ3) is 5.41. The van der Waals surface area contributed by atoms with E-state index in [1.165, 1.54) is 5.56 Å². The summed E-state index contributed by atoms with van der Waals surface area (Å²) in [6.45, 7) is 8.48. The highest BCUT2D eigenvalue weighted by Crippen LogP contribution is 2.32. The maximum atomic E-state index is 10.9. The molecule has 0 radical (unpaired) electrons. The van der Waals surface area contributed by atoms with Gasteiger partial charge < -0.3 is 4.74 Å². The van der Waals surface area contributed by atoms with Crippen LogP contribution in [-0.4, -0.2) is 20.8 Å². The van der Waals surface area contributed by atoms with Gasteiger partial charge in [0.15, 0.2) is 0 Å². The van der Waals surface area contributed by atoms with Gasteiger partial charge in [0.05, 0.1) is 5.75 Å². The molecule has 1 aromatic rings. The van der Waals surface area contributed by atoms with Crippen molar-refractivity contribution in [2.45, 2.75) is 39.5 Å². The van der Waals surface area contributed by atoms with Gasteiger partial charge in [0.1, 0.15) is 12.4 Å². The number of hydrogen-bond acceptors (Lipinski definition) is 3. The van der Waals surface area contributed by atoms with E-state index in [-0.39, 0.29) is 17.8 Å². The maximum absolute atomic E-state index is 10.9. The number of rotatable bonds is 5. The summed E-state index contributed by atoms with van der Waals surface area (Å²) in [6, 6.07) is 6.02. The maximum Gasteiger partial charge on any atom is 0.235 e. The van der Waals surface area contributed by atoms with Crippen molar-refractivity contribution in [3.8, 4) is 5.75 Å². The van der Waals surface area contributed by atoms with Crippen LogP contribution in [0.5, 0.6) is 5.75 Å². The van der Waals surface area contributed by atoms with Crippen LogP contribution >= 0.6 is 10.7 Å². The third-order valence-electron chi connectivity index (χ3n) is 2.84. The molecule has 0 saturated heterocycles. The van der Waals surface area contributed by atoms with Crippen LogP contribution in [0.2, 0.25) is 0 Å². The molecule has 0 aromatic heterocycles. The fourth-order valence-electron chi connectivity index (χ4n) is 1.76. The molecule has 0 heterocycles. The molecule has 0 aliphatic carbocycles. The Balaban J connectivity index is 2.94. The standard InChI is InChI=1S/C14H21ClO3S/c1-5-11-6-7-13(12(10-11)14(2,3)4)18-8-9-19(15,16)17/h6-7,10H,5,8-9H2,1-4H3. The van der Waals surface area contributed by atoms with Gasteiger partial charge in [-0.15, -0.1) is 0 Å². The predicted molar refractivity (Wildman–Crippen MR) is 79.7 cm³/mol. The first-order valence-electron chi connectivity index (χ1n) is 6.32. The van der Waals surface area contributed by atoms with Crippen LogP contribution in [0.15, 0.2) is 18.2 Å². The van der Waals surface area contributed by atoms with Crippen molar-refractivity contribution in [3.05, 3.63) is 29.3 Å². The van der Waals surface area contributed by atoms with Crippen molar-refractivity contribution in [3.63, 3.8) is 0 Å². The summed E-state index contributed by atoms with van der Waals surface area (Å²) in [5.74, 6) is 0.540. The van der Waals surface area contributed by atoms with E-state index in [1.807, 2.05) is 12.1 Å². The SMILES string of the molecule is CCc1ccc(OCCS(=O)(=O)Cl)c(C(C)(C)C)c1. The van der Waals surface area contributed by atoms with E-state index >= 15 is 0 Å². The van der Waals surface area contributed by atoms with Crippen molar-refractivity contribution < 1.29 is 13.2 Å². The topological polar surface area (TPSA) is 43.4 Å². The molecule has 0 aliphatic heterocycles. The van der Waals surface area contributed by atoms with Crippen LogP contribution in [0.3, 0.4) is 0 Å². The summed E-state index contributed by atoms with van der Waals surface area (Å²) in [5, 5.41) is 0. The Hall–Kier alpha value is -0.740. The number of aryl methyl sites for hydroxylation is 1. The first-order chi connectivity index (χ1) is 8.63. The van der Waals surface area contributed by atoms with Crippen LogP contribution in [0.1, 0.15) is 38.8 Å². The molecule has 0 unspecified atom stereocenters. The summed E-state index contributed by atoms with van der Waals surface area (Å²) < 4.78 is 27.4. The summed E-state index contributed by atoms with van der Waals surface area (Å²) >= 11 is 0. The molecule has 0 N–H and O–H groups in total. The molecule has 0 saturated carbocycles. The van der Waals surface area contributed by atoms with Crippen LogP contribution in [0, 0.1) is 0 Å². The second-order valence-corrected chi connectivity index (χ2v) is 8.42. The Morgan fingerprint density at radius 2 is 1.89 bits per heavy atom. The normalized spacial score (nSPS) is 12.5. The van der Waals surface area contributed by atoms with Gasteiger partial charge in [0, 0.05) is 10.7 Å². The number of halogens is 1. The summed E-state index contributed by atoms with van der Waals surface area (Å²) in [6.07, 6.45) is 0.958. The van der Waals surface area contributed by atoms with Gasteiger partial charge in [-0.3, -0.25) is 0 Å². The Bertz CT molecular complexity index is 530. The Kier molecular flexibility index (Phi) is 5.27. The second kappa shape index (κ2) is 6.14. The van der Waals surface area contributed by atoms with Gasteiger partial charge in [0.2, 0.25) is 9.05 Å². The van der Waals surface area contributed by atoms with Gasteiger partial charge in [-0.2, -0.15) is 0 Å². The summed E-state index contributed by atoms with van der Waals surface area (Å²) in [7, 11) is 1.66. The van der Waals surface area contributed by atoms with Gasteiger partial charge in [-0.25, -0.2) is 8.42 Å². The fraction of sp³-hybridized carbons (Fsp3) is 0.571. The van der Waals surface area contributed by atoms with E-state index in [2.05, 4.69) is 33.8 Å². The van der Waals surface area contributed by atoms with E-state index < -0.39 is 9.05 Å². The quantitative estimate of drug-likeness (QED) is 0.782. The van der Waals surface area contributed by atoms with Crippen molar-refractivity contribution in [2.24, 2.45) is 0 Å². The first-order valence-corrected chi connectivity index (χ1v) is 8.80. The molecular weight excluding hydrogens is 284 g/mol. The van der Waals surface area contributed by atoms with Crippen LogP contribution in [0.25, 0.3) is 0 Å². The smallest absolute Gasteiger partial charge is 0.235 e. The largest absolute Gasteiger partial charge is 0.492 e. The zero-order chi connectivity index (χ0) is 14.7. The molecule has 1 aromatic carbocycles. The molecular formula is C14H21ClO3S. The van der Waals surface area contributed by atoms with E-state index in [0.717, 1.165) is 17.7 Å². The molecule has 0 amide bonds. The summed E-state index contributed by atoms with van der Waals surface area (Å²) in [5.41, 5.74) is 2.27. The van der Waals surface area contributed by atoms with Crippen LogP contribution in [0.4, 0.5) is 0 Å².